The fraction of sp³-hybridized carbons (Fsp3) is 0.812. The standard InChI is InChI=1S/C32H61N11O11/c1-37-18(8-6-12-38-21(46)9-3-2-4-11-39-22(47)13-17(35)7-5-10-33)14-23(48)40-26-27(49)28(54-31(36)52)20(16-44)53-29(26)43-32-41-24(19(45)15-34)25(42-32)30(50)51/h17-20,24-29,37,44-45,49H,2-16,33-35H2,1H3,(H2,36,52)(H,38,46)(H,39,47)(H,40,48)(H,50,51)(H2,41,42,43)/t17?,18?,19-,20-,24-,25+,26-,27-,28-,29-/m1/s1. The molecule has 0 radical (unpaired) electrons. The zero-order chi connectivity index (χ0) is 40.2. The van der Waals surface area contributed by atoms with Gasteiger partial charge in [-0.2, -0.15) is 0 Å². The minimum Gasteiger partial charge on any atom is -0.480 e. The van der Waals surface area contributed by atoms with Gasteiger partial charge in [0.25, 0.3) is 0 Å². The number of primary amides is 1. The van der Waals surface area contributed by atoms with Crippen molar-refractivity contribution in [1.29, 1.82) is 0 Å². The molecular formula is C32H61N11O11. The van der Waals surface area contributed by atoms with Crippen molar-refractivity contribution in [2.45, 2.75) is 125 Å². The highest BCUT2D eigenvalue weighted by molar-refractivity contribution is 5.89. The van der Waals surface area contributed by atoms with Crippen LogP contribution < -0.4 is 54.8 Å². The lowest BCUT2D eigenvalue weighted by Crippen LogP contribution is -2.69. The van der Waals surface area contributed by atoms with E-state index in [0.29, 0.717) is 51.7 Å². The first-order valence-corrected chi connectivity index (χ1v) is 18.3. The van der Waals surface area contributed by atoms with Crippen LogP contribution in [-0.2, 0) is 28.7 Å². The Balaban J connectivity index is 1.86. The molecule has 2 aliphatic heterocycles. The number of aliphatic hydroxyl groups excluding tert-OH is 3. The van der Waals surface area contributed by atoms with Gasteiger partial charge >= 0.3 is 12.1 Å². The minimum absolute atomic E-state index is 0.0770. The first-order valence-electron chi connectivity index (χ1n) is 18.3. The van der Waals surface area contributed by atoms with Crippen LogP contribution in [0.2, 0.25) is 0 Å². The molecule has 54 heavy (non-hydrogen) atoms. The molecule has 2 aliphatic rings. The molecule has 0 saturated carbocycles. The Morgan fingerprint density at radius 3 is 2.31 bits per heavy atom. The van der Waals surface area contributed by atoms with E-state index in [1.54, 1.807) is 7.05 Å². The molecule has 2 rings (SSSR count). The lowest BCUT2D eigenvalue weighted by atomic mass is 9.95. The van der Waals surface area contributed by atoms with Gasteiger partial charge in [-0.25, -0.2) is 14.6 Å². The molecule has 18 N–H and O–H groups in total. The lowest BCUT2D eigenvalue weighted by molar-refractivity contribution is -0.198. The summed E-state index contributed by atoms with van der Waals surface area (Å²) in [6.45, 7) is 0.429. The topological polar surface area (TPSA) is 373 Å². The van der Waals surface area contributed by atoms with Crippen LogP contribution in [0.3, 0.4) is 0 Å². The van der Waals surface area contributed by atoms with Gasteiger partial charge in [-0.1, -0.05) is 6.42 Å². The fourth-order valence-electron chi connectivity index (χ4n) is 6.12. The van der Waals surface area contributed by atoms with Crippen molar-refractivity contribution in [2.75, 3.05) is 39.8 Å². The van der Waals surface area contributed by atoms with Gasteiger partial charge in [0.2, 0.25) is 17.7 Å². The number of carboxylic acids is 1. The number of aliphatic hydroxyl groups is 3. The monoisotopic (exact) mass is 775 g/mol. The Hall–Kier alpha value is -3.90. The van der Waals surface area contributed by atoms with Crippen molar-refractivity contribution in [3.63, 3.8) is 0 Å². The molecule has 0 bridgehead atoms. The second kappa shape index (κ2) is 24.5. The van der Waals surface area contributed by atoms with E-state index in [-0.39, 0.29) is 49.2 Å². The zero-order valence-corrected chi connectivity index (χ0v) is 30.8. The van der Waals surface area contributed by atoms with Gasteiger partial charge in [0.05, 0.1) is 18.8 Å². The summed E-state index contributed by atoms with van der Waals surface area (Å²) in [6, 6.07) is -4.43. The van der Waals surface area contributed by atoms with Crippen molar-refractivity contribution in [2.24, 2.45) is 27.9 Å². The molecule has 310 valence electrons. The van der Waals surface area contributed by atoms with Crippen molar-refractivity contribution < 1.29 is 53.9 Å². The molecule has 1 saturated heterocycles. The van der Waals surface area contributed by atoms with E-state index in [1.807, 2.05) is 0 Å². The van der Waals surface area contributed by atoms with Gasteiger partial charge in [0.15, 0.2) is 24.3 Å². The minimum atomic E-state index is -1.66. The lowest BCUT2D eigenvalue weighted by Gasteiger charge is -2.44. The van der Waals surface area contributed by atoms with E-state index in [4.69, 9.17) is 32.4 Å². The predicted octanol–water partition coefficient (Wildman–Crippen LogP) is -5.29. The molecule has 1 fully saturated rings. The Morgan fingerprint density at radius 2 is 1.69 bits per heavy atom. The third kappa shape index (κ3) is 15.8. The smallest absolute Gasteiger partial charge is 0.404 e. The molecule has 10 atom stereocenters. The summed E-state index contributed by atoms with van der Waals surface area (Å²) in [5.41, 5.74) is 22.0. The summed E-state index contributed by atoms with van der Waals surface area (Å²) in [5.74, 6) is -2.26. The SMILES string of the molecule is CNC(CCCNC(=O)CCCCCNC(=O)CC(N)CCCN)CC(=O)N[C@@H]1[C@@H](O)[C@H](OC(N)=O)[C@@H](CO)O[C@H]1NC1=N[C@H](C(=O)O)[C@@H]([C@H](O)CN)N1. The first kappa shape index (κ1) is 46.3. The fourth-order valence-corrected chi connectivity index (χ4v) is 6.12. The van der Waals surface area contributed by atoms with E-state index in [2.05, 4.69) is 36.9 Å². The van der Waals surface area contributed by atoms with E-state index in [1.165, 1.54) is 0 Å². The summed E-state index contributed by atoms with van der Waals surface area (Å²) >= 11 is 0. The van der Waals surface area contributed by atoms with Gasteiger partial charge in [-0.3, -0.25) is 14.4 Å². The van der Waals surface area contributed by atoms with Crippen LogP contribution in [0.1, 0.15) is 64.2 Å². The highest BCUT2D eigenvalue weighted by Gasteiger charge is 2.49. The zero-order valence-electron chi connectivity index (χ0n) is 30.8. The number of hydrogen-bond acceptors (Lipinski definition) is 17. The number of hydrogen-bond donors (Lipinski definition) is 14. The van der Waals surface area contributed by atoms with E-state index < -0.39 is 73.3 Å². The van der Waals surface area contributed by atoms with Crippen molar-refractivity contribution in [1.82, 2.24) is 31.9 Å². The molecule has 4 amide bonds. The number of ether oxygens (including phenoxy) is 2. The molecular weight excluding hydrogens is 714 g/mol. The summed E-state index contributed by atoms with van der Waals surface area (Å²) in [6.07, 6.45) is -3.16. The maximum absolute atomic E-state index is 13.3. The Kier molecular flexibility index (Phi) is 21.0. The number of unbranched alkanes of at least 4 members (excludes halogenated alkanes) is 2. The van der Waals surface area contributed by atoms with Crippen LogP contribution in [0.15, 0.2) is 4.99 Å². The number of carbonyl (C=O) groups excluding carboxylic acids is 4. The number of nitrogens with two attached hydrogens (primary N) is 4. The van der Waals surface area contributed by atoms with Crippen molar-refractivity contribution in [3.05, 3.63) is 0 Å². The molecule has 0 spiro atoms. The number of nitrogens with one attached hydrogen (secondary N) is 6. The number of carbonyl (C=O) groups is 5. The molecule has 2 unspecified atom stereocenters. The average Bonchev–Trinajstić information content (AvgIpc) is 3.56. The second-order valence-electron chi connectivity index (χ2n) is 13.4. The van der Waals surface area contributed by atoms with Crippen LogP contribution in [0.5, 0.6) is 0 Å². The molecule has 0 aromatic heterocycles. The van der Waals surface area contributed by atoms with Gasteiger partial charge in [-0.05, 0) is 52.1 Å². The first-order chi connectivity index (χ1) is 25.7. The normalized spacial score (nSPS) is 25.3. The largest absolute Gasteiger partial charge is 0.480 e. The molecule has 22 heteroatoms. The number of aliphatic carboxylic acids is 1. The molecule has 2 heterocycles. The van der Waals surface area contributed by atoms with E-state index >= 15 is 0 Å². The summed E-state index contributed by atoms with van der Waals surface area (Å²) in [7, 11) is 1.66. The van der Waals surface area contributed by atoms with Crippen LogP contribution in [0, 0.1) is 0 Å². The summed E-state index contributed by atoms with van der Waals surface area (Å²) in [4.78, 5) is 64.9. The average molecular weight is 776 g/mol. The van der Waals surface area contributed by atoms with Crippen molar-refractivity contribution in [3.8, 4) is 0 Å². The van der Waals surface area contributed by atoms with Gasteiger partial charge in [0.1, 0.15) is 18.2 Å². The molecule has 22 nitrogen and oxygen atoms in total. The number of carboxylic acid groups (broad SMARTS) is 1. The third-order valence-corrected chi connectivity index (χ3v) is 9.10. The highest BCUT2D eigenvalue weighted by atomic mass is 16.6. The highest BCUT2D eigenvalue weighted by Crippen LogP contribution is 2.24. The van der Waals surface area contributed by atoms with Crippen LogP contribution >= 0.6 is 0 Å². The van der Waals surface area contributed by atoms with Crippen LogP contribution in [0.4, 0.5) is 4.79 Å². The number of guanidine groups is 1. The molecule has 0 aliphatic carbocycles. The predicted molar refractivity (Wildman–Crippen MR) is 194 cm³/mol. The molecule has 0 aromatic carbocycles. The number of amides is 4. The molecule has 0 aromatic rings. The third-order valence-electron chi connectivity index (χ3n) is 9.10. The van der Waals surface area contributed by atoms with Gasteiger partial charge < -0.3 is 84.7 Å². The summed E-state index contributed by atoms with van der Waals surface area (Å²) < 4.78 is 10.8. The van der Waals surface area contributed by atoms with Crippen LogP contribution in [0.25, 0.3) is 0 Å². The van der Waals surface area contributed by atoms with Gasteiger partial charge in [0, 0.05) is 51.0 Å². The Bertz CT molecular complexity index is 1230. The van der Waals surface area contributed by atoms with E-state index in [0.717, 1.165) is 19.3 Å². The maximum Gasteiger partial charge on any atom is 0.404 e. The Labute approximate surface area is 314 Å². The quantitative estimate of drug-likeness (QED) is 0.0385. The number of aliphatic imine (C=N–C) groups is 1. The van der Waals surface area contributed by atoms with Crippen LogP contribution in [-0.4, -0.2) is 157 Å². The van der Waals surface area contributed by atoms with E-state index in [9.17, 15) is 44.4 Å². The summed E-state index contributed by atoms with van der Waals surface area (Å²) in [5, 5.41) is 57.8. The Morgan fingerprint density at radius 1 is 0.981 bits per heavy atom. The number of nitrogens with zero attached hydrogens (tertiary/aromatic N) is 1. The van der Waals surface area contributed by atoms with Gasteiger partial charge in [-0.15, -0.1) is 0 Å². The number of rotatable bonds is 25. The maximum atomic E-state index is 13.3. The van der Waals surface area contributed by atoms with Crippen molar-refractivity contribution >= 4 is 35.7 Å². The second-order valence-corrected chi connectivity index (χ2v) is 13.4.